The van der Waals surface area contributed by atoms with Gasteiger partial charge in [-0.05, 0) is 6.07 Å². The van der Waals surface area contributed by atoms with Crippen molar-refractivity contribution >= 4 is 23.1 Å². The lowest BCUT2D eigenvalue weighted by Gasteiger charge is -1.86. The molecule has 1 aromatic heterocycles. The summed E-state index contributed by atoms with van der Waals surface area (Å²) in [6.45, 7) is 0. The van der Waals surface area contributed by atoms with E-state index in [2.05, 4.69) is 16.6 Å². The van der Waals surface area contributed by atoms with Gasteiger partial charge in [0.25, 0.3) is 0 Å². The van der Waals surface area contributed by atoms with E-state index in [9.17, 15) is 10.1 Å². The van der Waals surface area contributed by atoms with Gasteiger partial charge in [0.1, 0.15) is 9.91 Å². The zero-order valence-electron chi connectivity index (χ0n) is 5.31. The average molecular weight is 172 g/mol. The fourth-order valence-corrected chi connectivity index (χ4v) is 0.668. The van der Waals surface area contributed by atoms with Crippen molar-refractivity contribution in [2.45, 2.75) is 0 Å². The van der Waals surface area contributed by atoms with Gasteiger partial charge in [0, 0.05) is 0 Å². The van der Waals surface area contributed by atoms with Crippen LogP contribution < -0.4 is 5.73 Å². The van der Waals surface area contributed by atoms with E-state index in [0.717, 1.165) is 0 Å². The minimum Gasteiger partial charge on any atom is -0.398 e. The zero-order chi connectivity index (χ0) is 8.43. The van der Waals surface area contributed by atoms with Crippen LogP contribution in [0, 0.1) is 10.1 Å². The van der Waals surface area contributed by atoms with E-state index in [-0.39, 0.29) is 16.6 Å². The fraction of sp³-hybridized carbons (Fsp3) is 0. The van der Waals surface area contributed by atoms with Gasteiger partial charge in [-0.1, -0.05) is 12.2 Å². The third-order valence-corrected chi connectivity index (χ3v) is 1.22. The molecule has 0 aromatic carbocycles. The molecule has 0 spiro atoms. The second-order valence-corrected chi connectivity index (χ2v) is 2.20. The second kappa shape index (κ2) is 2.67. The molecule has 11 heavy (non-hydrogen) atoms. The molecule has 0 fully saturated rings. The van der Waals surface area contributed by atoms with E-state index in [1.807, 2.05) is 0 Å². The van der Waals surface area contributed by atoms with Crippen LogP contribution in [0.5, 0.6) is 0 Å². The first-order valence-corrected chi connectivity index (χ1v) is 3.06. The van der Waals surface area contributed by atoms with Crippen LogP contribution in [0.1, 0.15) is 5.76 Å². The van der Waals surface area contributed by atoms with Crippen molar-refractivity contribution in [2.24, 2.45) is 5.73 Å². The molecule has 58 valence electrons. The molecule has 1 aromatic rings. The van der Waals surface area contributed by atoms with Crippen LogP contribution in [-0.4, -0.2) is 9.91 Å². The zero-order valence-corrected chi connectivity index (χ0v) is 6.13. The molecule has 0 radical (unpaired) electrons. The van der Waals surface area contributed by atoms with Crippen molar-refractivity contribution in [2.75, 3.05) is 0 Å². The van der Waals surface area contributed by atoms with Crippen LogP contribution in [0.3, 0.4) is 0 Å². The topological polar surface area (TPSA) is 82.3 Å². The molecule has 0 amide bonds. The third kappa shape index (κ3) is 1.53. The van der Waals surface area contributed by atoms with Gasteiger partial charge >= 0.3 is 5.88 Å². The Balaban J connectivity index is 2.99. The summed E-state index contributed by atoms with van der Waals surface area (Å²) < 4.78 is 4.64. The van der Waals surface area contributed by atoms with E-state index >= 15 is 0 Å². The van der Waals surface area contributed by atoms with Crippen LogP contribution in [0.15, 0.2) is 16.5 Å². The van der Waals surface area contributed by atoms with Crippen LogP contribution in [-0.2, 0) is 0 Å². The van der Waals surface area contributed by atoms with Crippen molar-refractivity contribution < 1.29 is 9.34 Å². The maximum atomic E-state index is 10.1. The summed E-state index contributed by atoms with van der Waals surface area (Å²) in [5.74, 6) is -0.195. The molecule has 0 saturated carbocycles. The molecular weight excluding hydrogens is 168 g/mol. The molecule has 0 aliphatic carbocycles. The summed E-state index contributed by atoms with van der Waals surface area (Å²) in [7, 11) is 0. The largest absolute Gasteiger partial charge is 0.433 e. The molecule has 1 heterocycles. The Morgan fingerprint density at radius 1 is 1.73 bits per heavy atom. The highest BCUT2D eigenvalue weighted by Crippen LogP contribution is 2.14. The van der Waals surface area contributed by atoms with Crippen molar-refractivity contribution in [3.8, 4) is 0 Å². The highest BCUT2D eigenvalue weighted by molar-refractivity contribution is 7.80. The minimum atomic E-state index is -0.651. The molecule has 1 rings (SSSR count). The van der Waals surface area contributed by atoms with Crippen molar-refractivity contribution in [3.05, 3.63) is 28.0 Å². The number of thiocarbonyl (C=S) groups is 1. The number of hydrogen-bond acceptors (Lipinski definition) is 4. The maximum absolute atomic E-state index is 10.1. The first-order chi connectivity index (χ1) is 5.11. The number of hydrogen-bond donors (Lipinski definition) is 1. The number of nitrogens with two attached hydrogens (primary N) is 1. The molecule has 0 aliphatic heterocycles. The normalized spacial score (nSPS) is 9.45. The summed E-state index contributed by atoms with van der Waals surface area (Å²) in [5, 5.41) is 10.1. The lowest BCUT2D eigenvalue weighted by Crippen LogP contribution is -2.07. The lowest BCUT2D eigenvalue weighted by molar-refractivity contribution is -0.402. The Morgan fingerprint density at radius 2 is 2.36 bits per heavy atom. The third-order valence-electron chi connectivity index (χ3n) is 1.01. The van der Waals surface area contributed by atoms with Crippen molar-refractivity contribution in [3.63, 3.8) is 0 Å². The standard InChI is InChI=1S/C5H4N2O3S/c6-5(11)3-1-2-4(10-3)7(8)9/h1-2H,(H2,6,11). The van der Waals surface area contributed by atoms with Gasteiger partial charge in [0.2, 0.25) is 0 Å². The van der Waals surface area contributed by atoms with Gasteiger partial charge in [-0.25, -0.2) is 0 Å². The van der Waals surface area contributed by atoms with Gasteiger partial charge in [0.15, 0.2) is 5.76 Å². The number of nitro groups is 1. The van der Waals surface area contributed by atoms with Gasteiger partial charge < -0.3 is 10.2 Å². The van der Waals surface area contributed by atoms with Crippen LogP contribution in [0.4, 0.5) is 5.88 Å². The predicted octanol–water partition coefficient (Wildman–Crippen LogP) is 0.822. The van der Waals surface area contributed by atoms with Crippen molar-refractivity contribution in [1.82, 2.24) is 0 Å². The first kappa shape index (κ1) is 7.67. The Kier molecular flexibility index (Phi) is 1.86. The molecule has 0 unspecified atom stereocenters. The fourth-order valence-electron chi connectivity index (χ4n) is 0.558. The van der Waals surface area contributed by atoms with Gasteiger partial charge in [0.05, 0.1) is 6.07 Å². The summed E-state index contributed by atoms with van der Waals surface area (Å²) in [6, 6.07) is 2.56. The van der Waals surface area contributed by atoms with E-state index in [1.54, 1.807) is 0 Å². The summed E-state index contributed by atoms with van der Waals surface area (Å²) in [5.41, 5.74) is 5.14. The van der Waals surface area contributed by atoms with E-state index < -0.39 is 4.92 Å². The van der Waals surface area contributed by atoms with Gasteiger partial charge in [-0.15, -0.1) is 0 Å². The van der Waals surface area contributed by atoms with E-state index in [1.165, 1.54) is 12.1 Å². The maximum Gasteiger partial charge on any atom is 0.433 e. The molecule has 0 bridgehead atoms. The monoisotopic (exact) mass is 172 g/mol. The molecule has 0 saturated heterocycles. The van der Waals surface area contributed by atoms with Crippen LogP contribution in [0.2, 0.25) is 0 Å². The summed E-state index contributed by atoms with van der Waals surface area (Å²) >= 11 is 4.52. The van der Waals surface area contributed by atoms with Crippen LogP contribution >= 0.6 is 12.2 Å². The highest BCUT2D eigenvalue weighted by atomic mass is 32.1. The summed E-state index contributed by atoms with van der Waals surface area (Å²) in [4.78, 5) is 9.43. The second-order valence-electron chi connectivity index (χ2n) is 1.76. The minimum absolute atomic E-state index is 0.0121. The highest BCUT2D eigenvalue weighted by Gasteiger charge is 2.12. The van der Waals surface area contributed by atoms with Crippen LogP contribution in [0.25, 0.3) is 0 Å². The van der Waals surface area contributed by atoms with Gasteiger partial charge in [-0.3, -0.25) is 10.1 Å². The summed E-state index contributed by atoms with van der Waals surface area (Å²) in [6.07, 6.45) is 0. The molecule has 5 nitrogen and oxygen atoms in total. The lowest BCUT2D eigenvalue weighted by atomic mass is 10.4. The van der Waals surface area contributed by atoms with Gasteiger partial charge in [-0.2, -0.15) is 0 Å². The first-order valence-electron chi connectivity index (χ1n) is 2.65. The average Bonchev–Trinajstić information content (AvgIpc) is 2.33. The SMILES string of the molecule is NC(=S)c1ccc([N+](=O)[O-])o1. The Labute approximate surface area is 66.9 Å². The van der Waals surface area contributed by atoms with E-state index in [4.69, 9.17) is 5.73 Å². The van der Waals surface area contributed by atoms with Crippen molar-refractivity contribution in [1.29, 1.82) is 0 Å². The quantitative estimate of drug-likeness (QED) is 0.405. The Hall–Kier alpha value is -1.43. The Bertz CT molecular complexity index is 278. The molecule has 6 heteroatoms. The Morgan fingerprint density at radius 3 is 2.64 bits per heavy atom. The molecular formula is C5H4N2O3S. The molecule has 2 N–H and O–H groups in total. The number of furan rings is 1. The molecule has 0 aliphatic rings. The predicted molar refractivity (Wildman–Crippen MR) is 41.2 cm³/mol. The molecule has 0 atom stereocenters. The smallest absolute Gasteiger partial charge is 0.398 e. The van der Waals surface area contributed by atoms with E-state index in [0.29, 0.717) is 0 Å². The number of rotatable bonds is 2. The number of nitrogens with zero attached hydrogens (tertiary/aromatic N) is 1.